The Morgan fingerprint density at radius 1 is 1.21 bits per heavy atom. The van der Waals surface area contributed by atoms with Crippen molar-refractivity contribution in [3.8, 4) is 11.1 Å². The number of imidazole rings is 1. The van der Waals surface area contributed by atoms with Crippen molar-refractivity contribution >= 4 is 22.6 Å². The Hall–Kier alpha value is -3.10. The van der Waals surface area contributed by atoms with Gasteiger partial charge in [-0.3, -0.25) is 0 Å². The number of hydrogen-bond acceptors (Lipinski definition) is 5. The van der Waals surface area contributed by atoms with Crippen LogP contribution >= 0.6 is 0 Å². The minimum absolute atomic E-state index is 0.400. The molecule has 9 heteroatoms. The molecule has 0 radical (unpaired) electrons. The molecule has 7 nitrogen and oxygen atoms in total. The van der Waals surface area contributed by atoms with Gasteiger partial charge in [-0.2, -0.15) is 0 Å². The van der Waals surface area contributed by atoms with Gasteiger partial charge in [-0.05, 0) is 37.8 Å². The van der Waals surface area contributed by atoms with E-state index in [4.69, 9.17) is 0 Å². The summed E-state index contributed by atoms with van der Waals surface area (Å²) >= 11 is 0. The van der Waals surface area contributed by atoms with E-state index in [0.29, 0.717) is 22.9 Å². The van der Waals surface area contributed by atoms with Crippen LogP contribution in [0.1, 0.15) is 18.7 Å². The van der Waals surface area contributed by atoms with Gasteiger partial charge in [0.05, 0.1) is 23.8 Å². The first-order chi connectivity index (χ1) is 13.6. The zero-order valence-electron chi connectivity index (χ0n) is 15.3. The third-order valence-electron chi connectivity index (χ3n) is 5.09. The summed E-state index contributed by atoms with van der Waals surface area (Å²) in [4.78, 5) is 13.1. The van der Waals surface area contributed by atoms with E-state index in [1.54, 1.807) is 23.8 Å². The number of halogens is 2. The van der Waals surface area contributed by atoms with Gasteiger partial charge in [0.25, 0.3) is 6.43 Å². The molecule has 1 N–H and O–H groups in total. The van der Waals surface area contributed by atoms with Gasteiger partial charge >= 0.3 is 0 Å². The lowest BCUT2D eigenvalue weighted by Gasteiger charge is -2.07. The molecule has 4 aromatic heterocycles. The molecular formula is C19H19F2N7. The van der Waals surface area contributed by atoms with Crippen LogP contribution in [-0.4, -0.2) is 42.1 Å². The van der Waals surface area contributed by atoms with E-state index < -0.39 is 13.0 Å². The maximum atomic E-state index is 12.9. The van der Waals surface area contributed by atoms with Gasteiger partial charge in [0.1, 0.15) is 5.82 Å². The predicted molar refractivity (Wildman–Crippen MR) is 101 cm³/mol. The average molecular weight is 383 g/mol. The maximum absolute atomic E-state index is 12.9. The number of fused-ring (bicyclic) bond motifs is 2. The third kappa shape index (κ3) is 3.06. The highest BCUT2D eigenvalue weighted by molar-refractivity contribution is 5.85. The third-order valence-corrected chi connectivity index (χ3v) is 5.09. The predicted octanol–water partition coefficient (Wildman–Crippen LogP) is 3.54. The molecule has 1 aliphatic rings. The first-order valence-electron chi connectivity index (χ1n) is 9.28. The van der Waals surface area contributed by atoms with Gasteiger partial charge in [-0.15, -0.1) is 5.10 Å². The van der Waals surface area contributed by atoms with Crippen molar-refractivity contribution in [2.45, 2.75) is 32.7 Å². The van der Waals surface area contributed by atoms with Gasteiger partial charge < -0.3 is 9.88 Å². The van der Waals surface area contributed by atoms with Gasteiger partial charge in [0, 0.05) is 30.1 Å². The number of aryl methyl sites for hydroxylation is 1. The maximum Gasteiger partial charge on any atom is 0.256 e. The van der Waals surface area contributed by atoms with E-state index in [0.717, 1.165) is 29.1 Å². The molecule has 4 aromatic rings. The molecule has 0 aromatic carbocycles. The minimum atomic E-state index is -2.45. The Morgan fingerprint density at radius 2 is 2.07 bits per heavy atom. The largest absolute Gasteiger partial charge is 0.353 e. The molecule has 0 amide bonds. The normalized spacial score (nSPS) is 14.4. The summed E-state index contributed by atoms with van der Waals surface area (Å²) in [6.07, 6.45) is 5.41. The van der Waals surface area contributed by atoms with Crippen LogP contribution in [0, 0.1) is 12.8 Å². The molecule has 0 saturated heterocycles. The van der Waals surface area contributed by atoms with Crippen molar-refractivity contribution in [3.05, 3.63) is 36.5 Å². The molecule has 0 bridgehead atoms. The zero-order valence-corrected chi connectivity index (χ0v) is 15.3. The lowest BCUT2D eigenvalue weighted by molar-refractivity contribution is 0.127. The van der Waals surface area contributed by atoms with Gasteiger partial charge in [-0.25, -0.2) is 28.2 Å². The Kier molecular flexibility index (Phi) is 3.96. The van der Waals surface area contributed by atoms with E-state index in [2.05, 4.69) is 25.4 Å². The number of nitrogens with one attached hydrogen (secondary N) is 1. The minimum Gasteiger partial charge on any atom is -0.353 e. The fourth-order valence-electron chi connectivity index (χ4n) is 3.42. The molecule has 0 aliphatic heterocycles. The summed E-state index contributed by atoms with van der Waals surface area (Å²) in [7, 11) is 0. The summed E-state index contributed by atoms with van der Waals surface area (Å²) in [5.74, 6) is 1.86. The molecule has 1 fully saturated rings. The van der Waals surface area contributed by atoms with E-state index in [1.807, 2.05) is 18.3 Å². The van der Waals surface area contributed by atoms with Crippen LogP contribution in [0.15, 0.2) is 30.7 Å². The van der Waals surface area contributed by atoms with Crippen LogP contribution in [0.2, 0.25) is 0 Å². The lowest BCUT2D eigenvalue weighted by Crippen LogP contribution is -2.08. The average Bonchev–Trinajstić information content (AvgIpc) is 3.34. The van der Waals surface area contributed by atoms with E-state index in [-0.39, 0.29) is 0 Å². The number of aromatic nitrogens is 6. The van der Waals surface area contributed by atoms with E-state index in [9.17, 15) is 8.78 Å². The fraction of sp³-hybridized carbons (Fsp3) is 0.368. The van der Waals surface area contributed by atoms with Crippen LogP contribution in [0.4, 0.5) is 14.7 Å². The number of pyridine rings is 1. The Balaban J connectivity index is 1.52. The van der Waals surface area contributed by atoms with Crippen LogP contribution < -0.4 is 5.32 Å². The smallest absolute Gasteiger partial charge is 0.256 e. The molecular weight excluding hydrogens is 364 g/mol. The molecule has 0 spiro atoms. The second-order valence-corrected chi connectivity index (χ2v) is 7.19. The van der Waals surface area contributed by atoms with Crippen molar-refractivity contribution in [2.75, 3.05) is 11.9 Å². The quantitative estimate of drug-likeness (QED) is 0.551. The van der Waals surface area contributed by atoms with Gasteiger partial charge in [0.2, 0.25) is 5.95 Å². The Morgan fingerprint density at radius 3 is 2.86 bits per heavy atom. The summed E-state index contributed by atoms with van der Waals surface area (Å²) in [6.45, 7) is 2.21. The topological polar surface area (TPSA) is 72.9 Å². The highest BCUT2D eigenvalue weighted by Crippen LogP contribution is 2.29. The second-order valence-electron chi connectivity index (χ2n) is 7.19. The highest BCUT2D eigenvalue weighted by atomic mass is 19.3. The number of hydrogen-bond donors (Lipinski definition) is 1. The monoisotopic (exact) mass is 383 g/mol. The molecule has 144 valence electrons. The lowest BCUT2D eigenvalue weighted by atomic mass is 10.1. The van der Waals surface area contributed by atoms with Crippen LogP contribution in [0.25, 0.3) is 27.8 Å². The zero-order chi connectivity index (χ0) is 19.3. The fourth-order valence-corrected chi connectivity index (χ4v) is 3.42. The molecule has 0 atom stereocenters. The molecule has 28 heavy (non-hydrogen) atoms. The SMILES string of the molecule is Cc1nc2ncc(-c3ccn4nc(NCC5CC5)ncc34)cc2n1CC(F)F. The van der Waals surface area contributed by atoms with Crippen molar-refractivity contribution in [3.63, 3.8) is 0 Å². The van der Waals surface area contributed by atoms with Crippen molar-refractivity contribution in [2.24, 2.45) is 5.92 Å². The Labute approximate surface area is 159 Å². The molecule has 5 rings (SSSR count). The molecule has 0 unspecified atom stereocenters. The van der Waals surface area contributed by atoms with Crippen LogP contribution in [-0.2, 0) is 6.54 Å². The number of rotatable bonds is 6. The van der Waals surface area contributed by atoms with Crippen molar-refractivity contribution in [1.82, 2.24) is 29.1 Å². The molecule has 4 heterocycles. The summed E-state index contributed by atoms with van der Waals surface area (Å²) in [5.41, 5.74) is 3.60. The first kappa shape index (κ1) is 17.0. The van der Waals surface area contributed by atoms with E-state index in [1.165, 1.54) is 17.4 Å². The summed E-state index contributed by atoms with van der Waals surface area (Å²) < 4.78 is 29.2. The number of alkyl halides is 2. The number of nitrogens with zero attached hydrogens (tertiary/aromatic N) is 6. The van der Waals surface area contributed by atoms with Crippen LogP contribution in [0.5, 0.6) is 0 Å². The standard InChI is InChI=1S/C19H19F2N7/c1-11-25-18-15(27(11)10-17(20)21)6-13(8-22-18)14-4-5-28-16(14)9-24-19(26-28)23-7-12-2-3-12/h4-6,8-9,12,17H,2-3,7,10H2,1H3,(H,23,26). The summed E-state index contributed by atoms with van der Waals surface area (Å²) in [6, 6.07) is 3.78. The molecule has 1 aliphatic carbocycles. The van der Waals surface area contributed by atoms with Crippen LogP contribution in [0.3, 0.4) is 0 Å². The van der Waals surface area contributed by atoms with E-state index >= 15 is 0 Å². The Bertz CT molecular complexity index is 1160. The highest BCUT2D eigenvalue weighted by Gasteiger charge is 2.21. The first-order valence-corrected chi connectivity index (χ1v) is 9.28. The summed E-state index contributed by atoms with van der Waals surface area (Å²) in [5, 5.41) is 7.76. The van der Waals surface area contributed by atoms with Gasteiger partial charge in [-0.1, -0.05) is 0 Å². The second kappa shape index (κ2) is 6.50. The van der Waals surface area contributed by atoms with Gasteiger partial charge in [0.15, 0.2) is 5.65 Å². The van der Waals surface area contributed by atoms with Crippen molar-refractivity contribution < 1.29 is 8.78 Å². The molecule has 1 saturated carbocycles. The van der Waals surface area contributed by atoms with Crippen molar-refractivity contribution in [1.29, 1.82) is 0 Å². The number of anilines is 1.